The van der Waals surface area contributed by atoms with E-state index in [-0.39, 0.29) is 0 Å². The quantitative estimate of drug-likeness (QED) is 0.190. The van der Waals surface area contributed by atoms with Gasteiger partial charge in [-0.2, -0.15) is 0 Å². The van der Waals surface area contributed by atoms with Gasteiger partial charge in [0.1, 0.15) is 0 Å². The molecule has 0 spiro atoms. The van der Waals surface area contributed by atoms with Crippen LogP contribution in [0.2, 0.25) is 0 Å². The maximum atomic E-state index is 2.47. The Morgan fingerprint density at radius 1 is 0.304 bits per heavy atom. The highest BCUT2D eigenvalue weighted by Gasteiger charge is 2.18. The molecule has 0 aliphatic carbocycles. The lowest BCUT2D eigenvalue weighted by atomic mass is 9.98. The van der Waals surface area contributed by atoms with E-state index in [2.05, 4.69) is 191 Å². The molecular weight excluding hydrogens is 556 g/mol. The minimum atomic E-state index is 1.15. The zero-order valence-electron chi connectivity index (χ0n) is 25.2. The van der Waals surface area contributed by atoms with E-state index in [0.717, 1.165) is 11.4 Å². The smallest absolute Gasteiger partial charge is 0.0635 e. The van der Waals surface area contributed by atoms with Crippen molar-refractivity contribution in [3.05, 3.63) is 182 Å². The van der Waals surface area contributed by atoms with Crippen molar-refractivity contribution in [3.63, 3.8) is 0 Å². The van der Waals surface area contributed by atoms with Gasteiger partial charge in [0.2, 0.25) is 0 Å². The average molecular weight is 587 g/mol. The third kappa shape index (κ3) is 4.35. The van der Waals surface area contributed by atoms with Crippen LogP contribution < -0.4 is 0 Å². The molecule has 9 aromatic rings. The summed E-state index contributed by atoms with van der Waals surface area (Å²) < 4.78 is 4.79. The number of hydrogen-bond acceptors (Lipinski definition) is 0. The first-order chi connectivity index (χ1) is 22.8. The molecule has 0 unspecified atom stereocenters. The van der Waals surface area contributed by atoms with E-state index < -0.39 is 0 Å². The Hall–Kier alpha value is -6.12. The van der Waals surface area contributed by atoms with E-state index in [1.54, 1.807) is 0 Å². The first-order valence-corrected chi connectivity index (χ1v) is 15.8. The topological polar surface area (TPSA) is 9.86 Å². The van der Waals surface area contributed by atoms with E-state index in [0.29, 0.717) is 0 Å². The molecule has 46 heavy (non-hydrogen) atoms. The van der Waals surface area contributed by atoms with E-state index in [1.165, 1.54) is 66.1 Å². The van der Waals surface area contributed by atoms with Gasteiger partial charge in [-0.25, -0.2) is 0 Å². The van der Waals surface area contributed by atoms with Crippen LogP contribution in [-0.4, -0.2) is 9.13 Å². The van der Waals surface area contributed by atoms with Crippen molar-refractivity contribution in [2.45, 2.75) is 0 Å². The fraction of sp³-hybridized carbons (Fsp3) is 0. The van der Waals surface area contributed by atoms with Crippen LogP contribution in [-0.2, 0) is 0 Å². The molecule has 2 nitrogen and oxygen atoms in total. The number of benzene rings is 7. The van der Waals surface area contributed by atoms with Gasteiger partial charge in [0.15, 0.2) is 0 Å². The summed E-state index contributed by atoms with van der Waals surface area (Å²) in [5.41, 5.74) is 13.1. The molecule has 0 aliphatic heterocycles. The monoisotopic (exact) mass is 586 g/mol. The highest BCUT2D eigenvalue weighted by molar-refractivity contribution is 6.18. The second-order valence-electron chi connectivity index (χ2n) is 11.8. The van der Waals surface area contributed by atoms with Crippen LogP contribution in [0, 0.1) is 0 Å². The fourth-order valence-electron chi connectivity index (χ4n) is 6.97. The largest absolute Gasteiger partial charge is 0.316 e. The Morgan fingerprint density at radius 2 is 0.870 bits per heavy atom. The number of nitrogens with zero attached hydrogens (tertiary/aromatic N) is 2. The van der Waals surface area contributed by atoms with Gasteiger partial charge in [0.25, 0.3) is 0 Å². The summed E-state index contributed by atoms with van der Waals surface area (Å²) in [6, 6.07) is 63.4. The number of hydrogen-bond donors (Lipinski definition) is 0. The molecule has 0 amide bonds. The molecule has 0 atom stereocenters. The van der Waals surface area contributed by atoms with Crippen molar-refractivity contribution < 1.29 is 0 Å². The highest BCUT2D eigenvalue weighted by Crippen LogP contribution is 2.40. The molecule has 0 aliphatic rings. The molecule has 2 heterocycles. The normalized spacial score (nSPS) is 11.5. The van der Waals surface area contributed by atoms with E-state index in [9.17, 15) is 0 Å². The molecule has 0 bridgehead atoms. The highest BCUT2D eigenvalue weighted by atomic mass is 15.0. The van der Waals surface area contributed by atoms with Gasteiger partial charge in [-0.3, -0.25) is 0 Å². The van der Waals surface area contributed by atoms with E-state index in [1.807, 2.05) is 0 Å². The van der Waals surface area contributed by atoms with Gasteiger partial charge in [0.05, 0.1) is 16.6 Å². The zero-order chi connectivity index (χ0) is 30.5. The van der Waals surface area contributed by atoms with Gasteiger partial charge < -0.3 is 9.13 Å². The van der Waals surface area contributed by atoms with Crippen LogP contribution in [0.3, 0.4) is 0 Å². The van der Waals surface area contributed by atoms with Crippen molar-refractivity contribution >= 4 is 32.7 Å². The fourth-order valence-corrected chi connectivity index (χ4v) is 6.97. The van der Waals surface area contributed by atoms with Crippen molar-refractivity contribution in [1.82, 2.24) is 9.13 Å². The standard InChI is InChI=1S/C44H30N2/c1-4-13-31(14-5-1)34-19-12-20-37(28-34)45-26-25-41-42(45)24-23-40-39-21-10-11-22-43(39)46(44(40)41)38-29-35(32-15-6-2-7-16-32)27-36(30-38)33-17-8-3-9-18-33/h1-30H. The summed E-state index contributed by atoms with van der Waals surface area (Å²) >= 11 is 0. The molecule has 0 saturated heterocycles. The summed E-state index contributed by atoms with van der Waals surface area (Å²) in [5, 5.41) is 3.74. The number of rotatable bonds is 5. The van der Waals surface area contributed by atoms with E-state index in [4.69, 9.17) is 0 Å². The summed E-state index contributed by atoms with van der Waals surface area (Å²) in [6.45, 7) is 0. The second kappa shape index (κ2) is 10.8. The Bertz CT molecular complexity index is 2440. The predicted molar refractivity (Wildman–Crippen MR) is 194 cm³/mol. The van der Waals surface area contributed by atoms with Crippen molar-refractivity contribution in [1.29, 1.82) is 0 Å². The van der Waals surface area contributed by atoms with Crippen LogP contribution in [0.15, 0.2) is 182 Å². The van der Waals surface area contributed by atoms with Crippen molar-refractivity contribution in [2.24, 2.45) is 0 Å². The van der Waals surface area contributed by atoms with Crippen molar-refractivity contribution in [3.8, 4) is 44.8 Å². The zero-order valence-corrected chi connectivity index (χ0v) is 25.2. The first kappa shape index (κ1) is 26.3. The Labute approximate surface area is 268 Å². The first-order valence-electron chi connectivity index (χ1n) is 15.8. The Balaban J connectivity index is 1.31. The molecule has 9 rings (SSSR count). The molecule has 0 radical (unpaired) electrons. The predicted octanol–water partition coefficient (Wildman–Crippen LogP) is 11.7. The molecule has 2 heteroatoms. The Morgan fingerprint density at radius 3 is 1.54 bits per heavy atom. The minimum Gasteiger partial charge on any atom is -0.316 e. The van der Waals surface area contributed by atoms with Crippen LogP contribution >= 0.6 is 0 Å². The van der Waals surface area contributed by atoms with Crippen LogP contribution in [0.1, 0.15) is 0 Å². The molecule has 0 saturated carbocycles. The summed E-state index contributed by atoms with van der Waals surface area (Å²) in [4.78, 5) is 0. The lowest BCUT2D eigenvalue weighted by Gasteiger charge is -2.15. The van der Waals surface area contributed by atoms with Gasteiger partial charge in [0, 0.05) is 33.7 Å². The number of fused-ring (bicyclic) bond motifs is 5. The maximum absolute atomic E-state index is 2.47. The second-order valence-corrected chi connectivity index (χ2v) is 11.8. The van der Waals surface area contributed by atoms with E-state index >= 15 is 0 Å². The summed E-state index contributed by atoms with van der Waals surface area (Å²) in [6.07, 6.45) is 2.21. The average Bonchev–Trinajstić information content (AvgIpc) is 3.72. The summed E-state index contributed by atoms with van der Waals surface area (Å²) in [7, 11) is 0. The maximum Gasteiger partial charge on any atom is 0.0635 e. The lowest BCUT2D eigenvalue weighted by molar-refractivity contribution is 1.13. The van der Waals surface area contributed by atoms with Gasteiger partial charge >= 0.3 is 0 Å². The molecule has 0 N–H and O–H groups in total. The third-order valence-corrected chi connectivity index (χ3v) is 9.12. The SMILES string of the molecule is c1ccc(-c2cccc(-n3ccc4c3ccc3c5ccccc5n(-c5cc(-c6ccccc6)cc(-c6ccccc6)c5)c34)c2)cc1. The minimum absolute atomic E-state index is 1.15. The van der Waals surface area contributed by atoms with Gasteiger partial charge in [-0.05, 0) is 81.9 Å². The van der Waals surface area contributed by atoms with Crippen LogP contribution in [0.25, 0.3) is 77.5 Å². The molecule has 216 valence electrons. The molecule has 7 aromatic carbocycles. The lowest BCUT2D eigenvalue weighted by Crippen LogP contribution is -1.97. The van der Waals surface area contributed by atoms with Crippen LogP contribution in [0.4, 0.5) is 0 Å². The number of aromatic nitrogens is 2. The number of para-hydroxylation sites is 1. The molecule has 0 fully saturated rings. The third-order valence-electron chi connectivity index (χ3n) is 9.12. The van der Waals surface area contributed by atoms with Crippen molar-refractivity contribution in [2.75, 3.05) is 0 Å². The summed E-state index contributed by atoms with van der Waals surface area (Å²) in [5.74, 6) is 0. The van der Waals surface area contributed by atoms with Gasteiger partial charge in [-0.15, -0.1) is 0 Å². The molecular formula is C44H30N2. The molecule has 2 aromatic heterocycles. The Kier molecular flexibility index (Phi) is 6.17. The van der Waals surface area contributed by atoms with Gasteiger partial charge in [-0.1, -0.05) is 127 Å². The van der Waals surface area contributed by atoms with Crippen LogP contribution in [0.5, 0.6) is 0 Å².